The van der Waals surface area contributed by atoms with Crippen LogP contribution in [0.25, 0.3) is 5.76 Å². The zero-order valence-corrected chi connectivity index (χ0v) is 20.5. The van der Waals surface area contributed by atoms with E-state index in [0.29, 0.717) is 60.3 Å². The molecular formula is C27H27N3O7. The van der Waals surface area contributed by atoms with Crippen LogP contribution >= 0.6 is 0 Å². The maximum atomic E-state index is 13.4. The highest BCUT2D eigenvalue weighted by Crippen LogP contribution is 2.44. The smallest absolute Gasteiger partial charge is 0.295 e. The van der Waals surface area contributed by atoms with Crippen LogP contribution in [0.5, 0.6) is 23.0 Å². The Kier molecular flexibility index (Phi) is 6.72. The number of amides is 1. The molecule has 1 fully saturated rings. The summed E-state index contributed by atoms with van der Waals surface area (Å²) in [4.78, 5) is 32.2. The fourth-order valence-electron chi connectivity index (χ4n) is 4.68. The van der Waals surface area contributed by atoms with Crippen molar-refractivity contribution >= 4 is 17.4 Å². The van der Waals surface area contributed by atoms with Gasteiger partial charge in [-0.15, -0.1) is 0 Å². The number of hydrogen-bond acceptors (Lipinski definition) is 8. The molecule has 2 aliphatic rings. The first-order valence-electron chi connectivity index (χ1n) is 11.9. The van der Waals surface area contributed by atoms with Gasteiger partial charge in [-0.1, -0.05) is 0 Å². The number of nitrogens with zero attached hydrogens (tertiary/aromatic N) is 3. The Balaban J connectivity index is 1.60. The lowest BCUT2D eigenvalue weighted by molar-refractivity contribution is -0.140. The van der Waals surface area contributed by atoms with Crippen LogP contribution in [0.4, 0.5) is 0 Å². The second kappa shape index (κ2) is 10.3. The first-order valence-corrected chi connectivity index (χ1v) is 11.9. The number of aliphatic hydroxyl groups excluding tert-OH is 1. The van der Waals surface area contributed by atoms with E-state index in [-0.39, 0.29) is 17.9 Å². The van der Waals surface area contributed by atoms with E-state index in [2.05, 4.69) is 4.98 Å². The van der Waals surface area contributed by atoms with Crippen LogP contribution in [-0.2, 0) is 16.1 Å². The van der Waals surface area contributed by atoms with Crippen LogP contribution in [0.3, 0.4) is 0 Å². The number of rotatable bonds is 8. The number of methoxy groups -OCH3 is 2. The van der Waals surface area contributed by atoms with E-state index in [1.165, 1.54) is 19.1 Å². The fraction of sp³-hybridized carbons (Fsp3) is 0.296. The highest BCUT2D eigenvalue weighted by atomic mass is 16.6. The van der Waals surface area contributed by atoms with Crippen molar-refractivity contribution in [2.75, 3.05) is 34.0 Å². The van der Waals surface area contributed by atoms with Gasteiger partial charge >= 0.3 is 0 Å². The number of Topliss-reactive ketones (excluding diaryl/α,β-unsaturated/α-hetero) is 1. The largest absolute Gasteiger partial charge is 0.507 e. The van der Waals surface area contributed by atoms with Crippen molar-refractivity contribution in [2.45, 2.75) is 19.0 Å². The molecule has 192 valence electrons. The van der Waals surface area contributed by atoms with Gasteiger partial charge in [0.2, 0.25) is 0 Å². The normalized spacial score (nSPS) is 18.2. The van der Waals surface area contributed by atoms with Crippen LogP contribution < -0.4 is 18.9 Å². The van der Waals surface area contributed by atoms with Crippen molar-refractivity contribution in [3.05, 3.63) is 71.8 Å². The van der Waals surface area contributed by atoms with Gasteiger partial charge in [0.15, 0.2) is 11.5 Å². The average molecular weight is 506 g/mol. The summed E-state index contributed by atoms with van der Waals surface area (Å²) in [6.45, 7) is 1.68. The van der Waals surface area contributed by atoms with Gasteiger partial charge in [-0.3, -0.25) is 9.59 Å². The number of ether oxygens (including phenoxy) is 4. The molecule has 1 aromatic heterocycles. The lowest BCUT2D eigenvalue weighted by Crippen LogP contribution is -2.31. The first kappa shape index (κ1) is 24.2. The molecule has 1 saturated heterocycles. The van der Waals surface area contributed by atoms with Crippen molar-refractivity contribution in [1.29, 1.82) is 0 Å². The van der Waals surface area contributed by atoms with E-state index in [1.807, 2.05) is 10.8 Å². The van der Waals surface area contributed by atoms with Gasteiger partial charge in [-0.2, -0.15) is 0 Å². The van der Waals surface area contributed by atoms with Crippen LogP contribution in [0.2, 0.25) is 0 Å². The average Bonchev–Trinajstić information content (AvgIpc) is 3.54. The minimum atomic E-state index is -0.888. The SMILES string of the molecule is COc1ccc(OC)c(C2/C(=C(\O)c3ccc4c(c3)OCCO4)C(=O)C(=O)N2CCCn2ccnc2)c1. The number of aliphatic hydroxyl groups is 1. The number of carbonyl (C=O) groups is 2. The predicted octanol–water partition coefficient (Wildman–Crippen LogP) is 3.18. The molecule has 3 heterocycles. The second-order valence-corrected chi connectivity index (χ2v) is 8.61. The quantitative estimate of drug-likeness (QED) is 0.282. The molecular weight excluding hydrogens is 478 g/mol. The van der Waals surface area contributed by atoms with Crippen molar-refractivity contribution in [3.8, 4) is 23.0 Å². The fourth-order valence-corrected chi connectivity index (χ4v) is 4.68. The van der Waals surface area contributed by atoms with Gasteiger partial charge in [0.05, 0.1) is 32.2 Å². The van der Waals surface area contributed by atoms with Crippen molar-refractivity contribution < 1.29 is 33.6 Å². The highest BCUT2D eigenvalue weighted by molar-refractivity contribution is 6.46. The summed E-state index contributed by atoms with van der Waals surface area (Å²) in [5.41, 5.74) is 0.839. The summed E-state index contributed by atoms with van der Waals surface area (Å²) >= 11 is 0. The van der Waals surface area contributed by atoms with Gasteiger partial charge in [0, 0.05) is 36.6 Å². The summed E-state index contributed by atoms with van der Waals surface area (Å²) in [5, 5.41) is 11.4. The Labute approximate surface area is 213 Å². The van der Waals surface area contributed by atoms with E-state index in [9.17, 15) is 14.7 Å². The summed E-state index contributed by atoms with van der Waals surface area (Å²) in [6, 6.07) is 9.19. The number of aryl methyl sites for hydroxylation is 1. The summed E-state index contributed by atoms with van der Waals surface area (Å²) in [6.07, 6.45) is 5.77. The van der Waals surface area contributed by atoms with Gasteiger partial charge in [-0.05, 0) is 42.8 Å². The predicted molar refractivity (Wildman–Crippen MR) is 133 cm³/mol. The summed E-state index contributed by atoms with van der Waals surface area (Å²) < 4.78 is 24.1. The van der Waals surface area contributed by atoms with Gasteiger partial charge < -0.3 is 33.5 Å². The maximum Gasteiger partial charge on any atom is 0.295 e. The number of hydrogen-bond donors (Lipinski definition) is 1. The van der Waals surface area contributed by atoms with Crippen LogP contribution in [0.1, 0.15) is 23.6 Å². The molecule has 1 atom stereocenters. The number of benzene rings is 2. The Morgan fingerprint density at radius 3 is 2.59 bits per heavy atom. The lowest BCUT2D eigenvalue weighted by Gasteiger charge is -2.27. The standard InChI is InChI=1S/C27H27N3O7/c1-34-18-5-7-20(35-2)19(15-18)24-23(25(31)17-4-6-21-22(14-17)37-13-12-36-21)26(32)27(33)30(24)10-3-9-29-11-8-28-16-29/h4-8,11,14-16,24,31H,3,9-10,12-13H2,1-2H3/b25-23+. The molecule has 10 nitrogen and oxygen atoms in total. The molecule has 0 saturated carbocycles. The highest BCUT2D eigenvalue weighted by Gasteiger charge is 2.47. The maximum absolute atomic E-state index is 13.4. The molecule has 1 amide bonds. The third-order valence-electron chi connectivity index (χ3n) is 6.46. The number of imidazole rings is 1. The zero-order chi connectivity index (χ0) is 25.9. The molecule has 1 N–H and O–H groups in total. The van der Waals surface area contributed by atoms with E-state index in [1.54, 1.807) is 48.9 Å². The number of ketones is 1. The molecule has 5 rings (SSSR count). The monoisotopic (exact) mass is 505 g/mol. The van der Waals surface area contributed by atoms with E-state index < -0.39 is 17.7 Å². The Hall–Kier alpha value is -4.47. The van der Waals surface area contributed by atoms with Gasteiger partial charge in [0.25, 0.3) is 11.7 Å². The molecule has 0 aliphatic carbocycles. The van der Waals surface area contributed by atoms with Crippen molar-refractivity contribution in [1.82, 2.24) is 14.5 Å². The lowest BCUT2D eigenvalue weighted by atomic mass is 9.94. The van der Waals surface area contributed by atoms with Crippen LogP contribution in [0, 0.1) is 0 Å². The molecule has 2 aliphatic heterocycles. The molecule has 37 heavy (non-hydrogen) atoms. The minimum absolute atomic E-state index is 0.0316. The van der Waals surface area contributed by atoms with E-state index in [0.717, 1.165) is 0 Å². The molecule has 1 unspecified atom stereocenters. The summed E-state index contributed by atoms with van der Waals surface area (Å²) in [5.74, 6) is 0.223. The zero-order valence-electron chi connectivity index (χ0n) is 20.5. The molecule has 10 heteroatoms. The summed E-state index contributed by atoms with van der Waals surface area (Å²) in [7, 11) is 3.04. The second-order valence-electron chi connectivity index (χ2n) is 8.61. The van der Waals surface area contributed by atoms with Crippen LogP contribution in [0.15, 0.2) is 60.7 Å². The third kappa shape index (κ3) is 4.57. The number of fused-ring (bicyclic) bond motifs is 1. The van der Waals surface area contributed by atoms with Gasteiger partial charge in [-0.25, -0.2) is 4.98 Å². The Morgan fingerprint density at radius 2 is 1.86 bits per heavy atom. The van der Waals surface area contributed by atoms with Gasteiger partial charge in [0.1, 0.15) is 30.5 Å². The van der Waals surface area contributed by atoms with Crippen molar-refractivity contribution in [3.63, 3.8) is 0 Å². The first-order chi connectivity index (χ1) is 18.0. The number of likely N-dealkylation sites (tertiary alicyclic amines) is 1. The topological polar surface area (TPSA) is 112 Å². The molecule has 0 radical (unpaired) electrons. The van der Waals surface area contributed by atoms with E-state index >= 15 is 0 Å². The molecule has 2 aromatic carbocycles. The number of aromatic nitrogens is 2. The Bertz CT molecular complexity index is 1350. The van der Waals surface area contributed by atoms with Crippen molar-refractivity contribution in [2.24, 2.45) is 0 Å². The minimum Gasteiger partial charge on any atom is -0.507 e. The third-order valence-corrected chi connectivity index (χ3v) is 6.46. The molecule has 3 aromatic rings. The molecule has 0 bridgehead atoms. The molecule has 0 spiro atoms. The van der Waals surface area contributed by atoms with E-state index in [4.69, 9.17) is 18.9 Å². The Morgan fingerprint density at radius 1 is 1.05 bits per heavy atom. The van der Waals surface area contributed by atoms with Crippen LogP contribution in [-0.4, -0.2) is 65.2 Å². The number of carbonyl (C=O) groups excluding carboxylic acids is 2.